The largest absolute Gasteiger partial charge is 0.335 e. The van der Waals surface area contributed by atoms with Crippen molar-refractivity contribution in [3.8, 4) is 0 Å². The van der Waals surface area contributed by atoms with E-state index < -0.39 is 0 Å². The zero-order valence-corrected chi connectivity index (χ0v) is 16.8. The molecule has 8 heteroatoms. The number of hydrogen-bond acceptors (Lipinski definition) is 6. The minimum atomic E-state index is 0.142. The van der Waals surface area contributed by atoms with Crippen molar-refractivity contribution < 1.29 is 9.59 Å². The van der Waals surface area contributed by atoms with Crippen LogP contribution in [0.4, 0.5) is 0 Å². The monoisotopic (exact) mass is 407 g/mol. The van der Waals surface area contributed by atoms with Crippen LogP contribution in [-0.2, 0) is 4.79 Å². The second-order valence-electron chi connectivity index (χ2n) is 6.42. The number of thioether (sulfide) groups is 1. The number of carbonyl (C=O) groups is 2. The van der Waals surface area contributed by atoms with Crippen molar-refractivity contribution in [1.29, 1.82) is 0 Å². The lowest BCUT2D eigenvalue weighted by molar-refractivity contribution is -0.128. The van der Waals surface area contributed by atoms with Gasteiger partial charge in [0.2, 0.25) is 5.91 Å². The minimum Gasteiger partial charge on any atom is -0.335 e. The van der Waals surface area contributed by atoms with Crippen molar-refractivity contribution in [1.82, 2.24) is 14.7 Å². The van der Waals surface area contributed by atoms with Crippen molar-refractivity contribution in [2.75, 3.05) is 45.0 Å². The van der Waals surface area contributed by atoms with Gasteiger partial charge < -0.3 is 9.80 Å². The molecule has 138 valence electrons. The Hall–Kier alpha value is -1.35. The van der Waals surface area contributed by atoms with Crippen LogP contribution in [0.25, 0.3) is 0 Å². The highest BCUT2D eigenvalue weighted by Crippen LogP contribution is 2.39. The molecular weight excluding hydrogens is 386 g/mol. The van der Waals surface area contributed by atoms with Gasteiger partial charge in [0, 0.05) is 39.3 Å². The van der Waals surface area contributed by atoms with Gasteiger partial charge in [-0.05, 0) is 33.8 Å². The number of piperazine rings is 1. The molecule has 2 aromatic heterocycles. The Morgan fingerprint density at radius 3 is 2.65 bits per heavy atom. The molecule has 2 fully saturated rings. The number of thiophene rings is 2. The molecule has 1 atom stereocenters. The van der Waals surface area contributed by atoms with Crippen LogP contribution in [-0.4, -0.2) is 71.5 Å². The van der Waals surface area contributed by atoms with Gasteiger partial charge >= 0.3 is 0 Å². The van der Waals surface area contributed by atoms with Crippen molar-refractivity contribution in [3.05, 3.63) is 44.8 Å². The first-order chi connectivity index (χ1) is 12.7. The molecule has 0 saturated carbocycles. The summed E-state index contributed by atoms with van der Waals surface area (Å²) in [5.41, 5.74) is 1.23. The number of rotatable bonds is 5. The van der Waals surface area contributed by atoms with Crippen LogP contribution in [0.15, 0.2) is 34.3 Å². The Morgan fingerprint density at radius 1 is 1.12 bits per heavy atom. The Bertz CT molecular complexity index is 740. The van der Waals surface area contributed by atoms with Gasteiger partial charge in [-0.2, -0.15) is 11.3 Å². The van der Waals surface area contributed by atoms with E-state index in [0.717, 1.165) is 44.1 Å². The molecule has 2 saturated heterocycles. The number of nitrogens with zero attached hydrogens (tertiary/aromatic N) is 3. The summed E-state index contributed by atoms with van der Waals surface area (Å²) >= 11 is 4.90. The lowest BCUT2D eigenvalue weighted by atomic mass is 10.2. The minimum absolute atomic E-state index is 0.142. The highest BCUT2D eigenvalue weighted by atomic mass is 32.2. The van der Waals surface area contributed by atoms with E-state index in [-0.39, 0.29) is 17.2 Å². The Morgan fingerprint density at radius 2 is 1.96 bits per heavy atom. The van der Waals surface area contributed by atoms with Gasteiger partial charge in [-0.3, -0.25) is 14.5 Å². The third-order valence-corrected chi connectivity index (χ3v) is 7.66. The fraction of sp³-hybridized carbons (Fsp3) is 0.444. The van der Waals surface area contributed by atoms with Crippen LogP contribution < -0.4 is 0 Å². The third kappa shape index (κ3) is 3.83. The van der Waals surface area contributed by atoms with Gasteiger partial charge in [0.25, 0.3) is 5.91 Å². The first-order valence-corrected chi connectivity index (χ1v) is 11.6. The maximum absolute atomic E-state index is 12.4. The Labute approximate surface area is 165 Å². The summed E-state index contributed by atoms with van der Waals surface area (Å²) in [6, 6.07) is 5.92. The molecule has 0 bridgehead atoms. The molecule has 2 aliphatic rings. The van der Waals surface area contributed by atoms with Crippen LogP contribution in [0.3, 0.4) is 0 Å². The summed E-state index contributed by atoms with van der Waals surface area (Å²) in [5, 5.41) is 6.31. The summed E-state index contributed by atoms with van der Waals surface area (Å²) in [7, 11) is 0. The number of hydrogen-bond donors (Lipinski definition) is 0. The van der Waals surface area contributed by atoms with E-state index in [2.05, 4.69) is 21.7 Å². The summed E-state index contributed by atoms with van der Waals surface area (Å²) in [4.78, 5) is 31.8. The first-order valence-electron chi connectivity index (χ1n) is 8.70. The van der Waals surface area contributed by atoms with Gasteiger partial charge in [0.15, 0.2) is 0 Å². The molecule has 4 rings (SSSR count). The van der Waals surface area contributed by atoms with Crippen molar-refractivity contribution in [3.63, 3.8) is 0 Å². The molecule has 0 radical (unpaired) electrons. The molecule has 2 aliphatic heterocycles. The number of carbonyl (C=O) groups excluding carboxylic acids is 2. The maximum atomic E-state index is 12.4. The van der Waals surface area contributed by atoms with Gasteiger partial charge in [0.05, 0.1) is 10.6 Å². The van der Waals surface area contributed by atoms with Gasteiger partial charge in [-0.1, -0.05) is 6.07 Å². The average Bonchev–Trinajstić information content (AvgIpc) is 3.42. The van der Waals surface area contributed by atoms with E-state index in [1.165, 1.54) is 16.9 Å². The van der Waals surface area contributed by atoms with Crippen LogP contribution in [0.2, 0.25) is 0 Å². The lowest BCUT2D eigenvalue weighted by Gasteiger charge is -2.35. The molecule has 2 amide bonds. The predicted molar refractivity (Wildman–Crippen MR) is 108 cm³/mol. The summed E-state index contributed by atoms with van der Waals surface area (Å²) in [5.74, 6) is 0.949. The Kier molecular flexibility index (Phi) is 5.63. The Balaban J connectivity index is 1.28. The predicted octanol–water partition coefficient (Wildman–Crippen LogP) is 2.84. The fourth-order valence-corrected chi connectivity index (χ4v) is 6.03. The molecule has 0 unspecified atom stereocenters. The normalized spacial score (nSPS) is 21.5. The van der Waals surface area contributed by atoms with E-state index in [1.54, 1.807) is 23.1 Å². The quantitative estimate of drug-likeness (QED) is 0.765. The first kappa shape index (κ1) is 18.0. The second kappa shape index (κ2) is 8.12. The average molecular weight is 408 g/mol. The van der Waals surface area contributed by atoms with Crippen LogP contribution in [0, 0.1) is 0 Å². The maximum Gasteiger partial charge on any atom is 0.264 e. The highest BCUT2D eigenvalue weighted by molar-refractivity contribution is 8.00. The van der Waals surface area contributed by atoms with E-state index in [4.69, 9.17) is 0 Å². The molecule has 0 N–H and O–H groups in total. The molecule has 4 heterocycles. The van der Waals surface area contributed by atoms with Crippen LogP contribution in [0.5, 0.6) is 0 Å². The SMILES string of the molecule is O=C(c1cccs1)N1CCN(CCN2C(=O)CS[C@@H]2c2ccsc2)CC1. The summed E-state index contributed by atoms with van der Waals surface area (Å²) < 4.78 is 0. The number of amides is 2. The van der Waals surface area contributed by atoms with E-state index >= 15 is 0 Å². The zero-order chi connectivity index (χ0) is 17.9. The third-order valence-electron chi connectivity index (χ3n) is 4.85. The molecule has 0 aliphatic carbocycles. The molecule has 0 spiro atoms. The topological polar surface area (TPSA) is 43.9 Å². The van der Waals surface area contributed by atoms with Crippen molar-refractivity contribution in [2.45, 2.75) is 5.37 Å². The molecule has 5 nitrogen and oxygen atoms in total. The summed E-state index contributed by atoms with van der Waals surface area (Å²) in [6.07, 6.45) is 0. The van der Waals surface area contributed by atoms with E-state index in [9.17, 15) is 9.59 Å². The van der Waals surface area contributed by atoms with Crippen molar-refractivity contribution in [2.24, 2.45) is 0 Å². The van der Waals surface area contributed by atoms with Crippen LogP contribution in [0.1, 0.15) is 20.6 Å². The van der Waals surface area contributed by atoms with Crippen LogP contribution >= 0.6 is 34.4 Å². The lowest BCUT2D eigenvalue weighted by Crippen LogP contribution is -2.50. The molecule has 0 aromatic carbocycles. The smallest absolute Gasteiger partial charge is 0.264 e. The van der Waals surface area contributed by atoms with Gasteiger partial charge in [-0.25, -0.2) is 0 Å². The van der Waals surface area contributed by atoms with Gasteiger partial charge in [-0.15, -0.1) is 23.1 Å². The molecular formula is C18H21N3O2S3. The standard InChI is InChI=1S/C18H21N3O2S3/c22-16-13-26-18(14-3-11-24-12-14)21(16)9-6-19-4-7-20(8-5-19)17(23)15-2-1-10-25-15/h1-3,10-12,18H,4-9,13H2/t18-/m1/s1. The highest BCUT2D eigenvalue weighted by Gasteiger charge is 2.33. The molecule has 2 aromatic rings. The second-order valence-corrected chi connectivity index (χ2v) is 9.21. The molecule has 26 heavy (non-hydrogen) atoms. The zero-order valence-electron chi connectivity index (χ0n) is 14.4. The van der Waals surface area contributed by atoms with Gasteiger partial charge in [0.1, 0.15) is 5.37 Å². The summed E-state index contributed by atoms with van der Waals surface area (Å²) in [6.45, 7) is 4.88. The van der Waals surface area contributed by atoms with E-state index in [1.807, 2.05) is 27.3 Å². The van der Waals surface area contributed by atoms with E-state index in [0.29, 0.717) is 5.75 Å². The fourth-order valence-electron chi connectivity index (χ4n) is 3.37. The van der Waals surface area contributed by atoms with Crippen molar-refractivity contribution >= 4 is 46.2 Å².